The van der Waals surface area contributed by atoms with Crippen molar-refractivity contribution < 1.29 is 13.9 Å². The quantitative estimate of drug-likeness (QED) is 0.627. The topological polar surface area (TPSA) is 65.5 Å². The molecule has 0 aliphatic rings. The molecule has 84 valence electrons. The van der Waals surface area contributed by atoms with Crippen LogP contribution in [0.3, 0.4) is 0 Å². The second-order valence-corrected chi connectivity index (χ2v) is 4.56. The van der Waals surface area contributed by atoms with E-state index in [-0.39, 0.29) is 0 Å². The second-order valence-electron chi connectivity index (χ2n) is 3.54. The Morgan fingerprint density at radius 3 is 2.87 bits per heavy atom. The standard InChI is InChI=1S/C10H15NO3S/c1-7-8(4-5-14-7)15-6-10(2,11)9(12)13-3/h4-5H,6,11H2,1-3H3. The van der Waals surface area contributed by atoms with E-state index in [1.807, 2.05) is 13.0 Å². The van der Waals surface area contributed by atoms with Gasteiger partial charge < -0.3 is 14.9 Å². The van der Waals surface area contributed by atoms with Crippen molar-refractivity contribution >= 4 is 17.7 Å². The van der Waals surface area contributed by atoms with Gasteiger partial charge in [-0.3, -0.25) is 4.79 Å². The number of ether oxygens (including phenoxy) is 1. The number of furan rings is 1. The molecular formula is C10H15NO3S. The number of methoxy groups -OCH3 is 1. The first-order chi connectivity index (χ1) is 6.97. The van der Waals surface area contributed by atoms with Crippen molar-refractivity contribution in [1.82, 2.24) is 0 Å². The summed E-state index contributed by atoms with van der Waals surface area (Å²) >= 11 is 1.48. The number of hydrogen-bond donors (Lipinski definition) is 1. The molecule has 0 saturated carbocycles. The molecule has 0 aromatic carbocycles. The van der Waals surface area contributed by atoms with E-state index in [2.05, 4.69) is 4.74 Å². The molecule has 15 heavy (non-hydrogen) atoms. The van der Waals surface area contributed by atoms with Crippen molar-refractivity contribution in [2.45, 2.75) is 24.3 Å². The predicted octanol–water partition coefficient (Wildman–Crippen LogP) is 1.57. The van der Waals surface area contributed by atoms with E-state index < -0.39 is 11.5 Å². The molecule has 1 heterocycles. The minimum Gasteiger partial charge on any atom is -0.468 e. The maximum Gasteiger partial charge on any atom is 0.326 e. The Kier molecular flexibility index (Phi) is 3.82. The number of nitrogens with two attached hydrogens (primary N) is 1. The number of esters is 1. The fourth-order valence-corrected chi connectivity index (χ4v) is 2.02. The minimum absolute atomic E-state index is 0.406. The third-order valence-electron chi connectivity index (χ3n) is 1.99. The van der Waals surface area contributed by atoms with Gasteiger partial charge in [-0.05, 0) is 19.9 Å². The molecule has 1 unspecified atom stereocenters. The van der Waals surface area contributed by atoms with Crippen LogP contribution in [0.2, 0.25) is 0 Å². The number of rotatable bonds is 4. The molecule has 0 spiro atoms. The number of hydrogen-bond acceptors (Lipinski definition) is 5. The first-order valence-electron chi connectivity index (χ1n) is 4.51. The van der Waals surface area contributed by atoms with Gasteiger partial charge in [0.05, 0.1) is 13.4 Å². The highest BCUT2D eigenvalue weighted by molar-refractivity contribution is 7.99. The van der Waals surface area contributed by atoms with Crippen LogP contribution < -0.4 is 5.73 Å². The summed E-state index contributed by atoms with van der Waals surface area (Å²) in [5.41, 5.74) is 4.84. The van der Waals surface area contributed by atoms with E-state index in [9.17, 15) is 4.79 Å². The van der Waals surface area contributed by atoms with E-state index in [4.69, 9.17) is 10.2 Å². The van der Waals surface area contributed by atoms with E-state index in [1.54, 1.807) is 13.2 Å². The summed E-state index contributed by atoms with van der Waals surface area (Å²) < 4.78 is 9.75. The minimum atomic E-state index is -0.969. The zero-order valence-electron chi connectivity index (χ0n) is 9.07. The third-order valence-corrected chi connectivity index (χ3v) is 3.47. The maximum atomic E-state index is 11.3. The van der Waals surface area contributed by atoms with Gasteiger partial charge >= 0.3 is 5.97 Å². The monoisotopic (exact) mass is 229 g/mol. The summed E-state index contributed by atoms with van der Waals surface area (Å²) in [6.07, 6.45) is 1.61. The molecule has 1 aromatic rings. The Balaban J connectivity index is 2.57. The molecule has 0 aliphatic carbocycles. The van der Waals surface area contributed by atoms with Crippen LogP contribution in [-0.2, 0) is 9.53 Å². The van der Waals surface area contributed by atoms with Gasteiger partial charge in [-0.1, -0.05) is 0 Å². The summed E-state index contributed by atoms with van der Waals surface area (Å²) in [4.78, 5) is 12.3. The Hall–Kier alpha value is -0.940. The Morgan fingerprint density at radius 1 is 1.73 bits per heavy atom. The highest BCUT2D eigenvalue weighted by Crippen LogP contribution is 2.26. The predicted molar refractivity (Wildman–Crippen MR) is 58.8 cm³/mol. The summed E-state index contributed by atoms with van der Waals surface area (Å²) in [7, 11) is 1.33. The normalized spacial score (nSPS) is 14.7. The van der Waals surface area contributed by atoms with Gasteiger partial charge in [-0.2, -0.15) is 0 Å². The molecule has 0 amide bonds. The molecule has 0 radical (unpaired) electrons. The SMILES string of the molecule is COC(=O)C(C)(N)CSc1ccoc1C. The number of aryl methyl sites for hydroxylation is 1. The van der Waals surface area contributed by atoms with Crippen LogP contribution in [0.1, 0.15) is 12.7 Å². The van der Waals surface area contributed by atoms with Crippen molar-refractivity contribution in [3.05, 3.63) is 18.1 Å². The Morgan fingerprint density at radius 2 is 2.40 bits per heavy atom. The molecule has 1 atom stereocenters. The average molecular weight is 229 g/mol. The fourth-order valence-electron chi connectivity index (χ4n) is 1.04. The highest BCUT2D eigenvalue weighted by Gasteiger charge is 2.29. The van der Waals surface area contributed by atoms with E-state index in [1.165, 1.54) is 18.9 Å². The molecule has 5 heteroatoms. The fraction of sp³-hybridized carbons (Fsp3) is 0.500. The molecule has 1 aromatic heterocycles. The van der Waals surface area contributed by atoms with Gasteiger partial charge in [-0.15, -0.1) is 11.8 Å². The van der Waals surface area contributed by atoms with Crippen LogP contribution >= 0.6 is 11.8 Å². The van der Waals surface area contributed by atoms with Gasteiger partial charge in [0.1, 0.15) is 11.3 Å². The summed E-state index contributed by atoms with van der Waals surface area (Å²) in [6, 6.07) is 1.85. The second kappa shape index (κ2) is 4.72. The van der Waals surface area contributed by atoms with Crippen LogP contribution in [-0.4, -0.2) is 24.4 Å². The van der Waals surface area contributed by atoms with E-state index in [0.29, 0.717) is 5.75 Å². The molecule has 2 N–H and O–H groups in total. The molecule has 4 nitrogen and oxygen atoms in total. The Bertz CT molecular complexity index is 346. The first-order valence-corrected chi connectivity index (χ1v) is 5.50. The van der Waals surface area contributed by atoms with Gasteiger partial charge in [0.15, 0.2) is 0 Å². The zero-order chi connectivity index (χ0) is 11.5. The average Bonchev–Trinajstić information content (AvgIpc) is 2.60. The van der Waals surface area contributed by atoms with Crippen molar-refractivity contribution in [3.8, 4) is 0 Å². The smallest absolute Gasteiger partial charge is 0.326 e. The van der Waals surface area contributed by atoms with Gasteiger partial charge in [0, 0.05) is 10.6 Å². The highest BCUT2D eigenvalue weighted by atomic mass is 32.2. The molecule has 0 aliphatic heterocycles. The van der Waals surface area contributed by atoms with Crippen molar-refractivity contribution in [1.29, 1.82) is 0 Å². The lowest BCUT2D eigenvalue weighted by Gasteiger charge is -2.20. The summed E-state index contributed by atoms with van der Waals surface area (Å²) in [6.45, 7) is 3.52. The lowest BCUT2D eigenvalue weighted by molar-refractivity contribution is -0.145. The van der Waals surface area contributed by atoms with Crippen molar-refractivity contribution in [2.24, 2.45) is 5.73 Å². The number of carbonyl (C=O) groups is 1. The van der Waals surface area contributed by atoms with E-state index >= 15 is 0 Å². The Labute approximate surface area is 93.2 Å². The van der Waals surface area contributed by atoms with Crippen molar-refractivity contribution in [2.75, 3.05) is 12.9 Å². The molecular weight excluding hydrogens is 214 g/mol. The van der Waals surface area contributed by atoms with E-state index in [0.717, 1.165) is 10.7 Å². The molecule has 0 saturated heterocycles. The summed E-state index contributed by atoms with van der Waals surface area (Å²) in [5.74, 6) is 0.886. The number of thioether (sulfide) groups is 1. The lowest BCUT2D eigenvalue weighted by atomic mass is 10.1. The van der Waals surface area contributed by atoms with Crippen molar-refractivity contribution in [3.63, 3.8) is 0 Å². The molecule has 0 fully saturated rings. The van der Waals surface area contributed by atoms with Gasteiger partial charge in [0.2, 0.25) is 0 Å². The van der Waals surface area contributed by atoms with Gasteiger partial charge in [-0.25, -0.2) is 0 Å². The molecule has 1 rings (SSSR count). The van der Waals surface area contributed by atoms with Gasteiger partial charge in [0.25, 0.3) is 0 Å². The van der Waals surface area contributed by atoms with Crippen LogP contribution in [0.25, 0.3) is 0 Å². The molecule has 0 bridgehead atoms. The number of carbonyl (C=O) groups excluding carboxylic acids is 1. The summed E-state index contributed by atoms with van der Waals surface area (Å²) in [5, 5.41) is 0. The van der Waals surface area contributed by atoms with Crippen LogP contribution in [0.4, 0.5) is 0 Å². The zero-order valence-corrected chi connectivity index (χ0v) is 9.89. The van der Waals surface area contributed by atoms with Crippen LogP contribution in [0, 0.1) is 6.92 Å². The third kappa shape index (κ3) is 3.00. The largest absolute Gasteiger partial charge is 0.468 e. The van der Waals surface area contributed by atoms with Crippen LogP contribution in [0.15, 0.2) is 21.6 Å². The first kappa shape index (κ1) is 12.1. The van der Waals surface area contributed by atoms with Crippen LogP contribution in [0.5, 0.6) is 0 Å². The maximum absolute atomic E-state index is 11.3. The lowest BCUT2D eigenvalue weighted by Crippen LogP contribution is -2.48.